The molecule has 0 atom stereocenters. The molecule has 0 heterocycles. The van der Waals surface area contributed by atoms with Crippen molar-refractivity contribution in [3.63, 3.8) is 0 Å². The van der Waals surface area contributed by atoms with Gasteiger partial charge in [0.2, 0.25) is 0 Å². The maximum absolute atomic E-state index is 12.6. The predicted molar refractivity (Wildman–Crippen MR) is 86.6 cm³/mol. The van der Waals surface area contributed by atoms with Crippen LogP contribution in [0.1, 0.15) is 21.5 Å². The molecule has 2 aromatic carbocycles. The Morgan fingerprint density at radius 1 is 1.26 bits per heavy atom. The summed E-state index contributed by atoms with van der Waals surface area (Å²) in [5.41, 5.74) is 1.31. The summed E-state index contributed by atoms with van der Waals surface area (Å²) in [5.74, 6) is 0.313. The molecule has 2 aromatic rings. The lowest BCUT2D eigenvalue weighted by molar-refractivity contribution is -0.385. The predicted octanol–water partition coefficient (Wildman–Crippen LogP) is 3.18. The summed E-state index contributed by atoms with van der Waals surface area (Å²) in [7, 11) is 3.19. The first-order valence-corrected chi connectivity index (χ1v) is 7.06. The molecule has 6 heteroatoms. The van der Waals surface area contributed by atoms with E-state index in [0.717, 1.165) is 5.56 Å². The number of aryl methyl sites for hydroxylation is 1. The number of amides is 1. The molecule has 0 fully saturated rings. The molecule has 0 radical (unpaired) electrons. The van der Waals surface area contributed by atoms with E-state index < -0.39 is 4.92 Å². The Morgan fingerprint density at radius 2 is 1.96 bits per heavy atom. The number of ether oxygens (including phenoxy) is 1. The zero-order chi connectivity index (χ0) is 17.0. The molecule has 0 spiro atoms. The molecule has 0 bridgehead atoms. The van der Waals surface area contributed by atoms with Gasteiger partial charge < -0.3 is 9.64 Å². The van der Waals surface area contributed by atoms with Crippen LogP contribution < -0.4 is 4.74 Å². The second kappa shape index (κ2) is 6.91. The molecule has 120 valence electrons. The lowest BCUT2D eigenvalue weighted by Crippen LogP contribution is -2.27. The summed E-state index contributed by atoms with van der Waals surface area (Å²) in [6.07, 6.45) is 0. The highest BCUT2D eigenvalue weighted by Crippen LogP contribution is 2.24. The first-order valence-electron chi connectivity index (χ1n) is 7.06. The highest BCUT2D eigenvalue weighted by atomic mass is 16.6. The topological polar surface area (TPSA) is 72.7 Å². The third-order valence-electron chi connectivity index (χ3n) is 3.55. The summed E-state index contributed by atoms with van der Waals surface area (Å²) < 4.78 is 5.16. The molecule has 6 nitrogen and oxygen atoms in total. The summed E-state index contributed by atoms with van der Waals surface area (Å²) >= 11 is 0. The van der Waals surface area contributed by atoms with Crippen molar-refractivity contribution >= 4 is 11.6 Å². The molecular weight excluding hydrogens is 296 g/mol. The number of nitro benzene ring substituents is 1. The smallest absolute Gasteiger partial charge is 0.285 e. The van der Waals surface area contributed by atoms with Crippen molar-refractivity contribution in [2.45, 2.75) is 13.5 Å². The van der Waals surface area contributed by atoms with Crippen molar-refractivity contribution < 1.29 is 14.5 Å². The molecule has 0 saturated heterocycles. The maximum Gasteiger partial charge on any atom is 0.285 e. The first-order chi connectivity index (χ1) is 10.9. The van der Waals surface area contributed by atoms with Gasteiger partial charge in [0.05, 0.1) is 12.0 Å². The zero-order valence-electron chi connectivity index (χ0n) is 13.3. The van der Waals surface area contributed by atoms with Crippen LogP contribution in [0.3, 0.4) is 0 Å². The molecule has 0 unspecified atom stereocenters. The van der Waals surface area contributed by atoms with Crippen molar-refractivity contribution in [2.24, 2.45) is 0 Å². The molecular formula is C17H18N2O4. The summed E-state index contributed by atoms with van der Waals surface area (Å²) in [5, 5.41) is 11.2. The largest absolute Gasteiger partial charge is 0.497 e. The van der Waals surface area contributed by atoms with Gasteiger partial charge in [0.25, 0.3) is 11.6 Å². The number of carbonyl (C=O) groups excluding carboxylic acids is 1. The fourth-order valence-corrected chi connectivity index (χ4v) is 2.40. The van der Waals surface area contributed by atoms with Crippen LogP contribution in [0.5, 0.6) is 5.75 Å². The van der Waals surface area contributed by atoms with Gasteiger partial charge in [-0.3, -0.25) is 14.9 Å². The second-order valence-corrected chi connectivity index (χ2v) is 5.24. The van der Waals surface area contributed by atoms with Crippen molar-refractivity contribution in [2.75, 3.05) is 14.2 Å². The van der Waals surface area contributed by atoms with Crippen LogP contribution in [0.25, 0.3) is 0 Å². The van der Waals surface area contributed by atoms with Crippen LogP contribution in [0.4, 0.5) is 5.69 Å². The number of benzene rings is 2. The Bertz CT molecular complexity index is 743. The average molecular weight is 314 g/mol. The molecule has 23 heavy (non-hydrogen) atoms. The van der Waals surface area contributed by atoms with E-state index in [4.69, 9.17) is 4.74 Å². The van der Waals surface area contributed by atoms with Crippen LogP contribution in [0.2, 0.25) is 0 Å². The van der Waals surface area contributed by atoms with Crippen molar-refractivity contribution in [1.82, 2.24) is 4.90 Å². The molecule has 0 aliphatic rings. The van der Waals surface area contributed by atoms with Crippen LogP contribution in [0.15, 0.2) is 42.5 Å². The Kier molecular flexibility index (Phi) is 4.95. The van der Waals surface area contributed by atoms with Gasteiger partial charge in [-0.05, 0) is 30.7 Å². The van der Waals surface area contributed by atoms with E-state index in [1.54, 1.807) is 33.2 Å². The minimum Gasteiger partial charge on any atom is -0.497 e. The molecule has 0 N–H and O–H groups in total. The van der Waals surface area contributed by atoms with E-state index >= 15 is 0 Å². The Balaban J connectivity index is 2.26. The van der Waals surface area contributed by atoms with Crippen LogP contribution in [0, 0.1) is 17.0 Å². The van der Waals surface area contributed by atoms with Crippen LogP contribution >= 0.6 is 0 Å². The molecule has 0 aliphatic heterocycles. The normalized spacial score (nSPS) is 10.2. The van der Waals surface area contributed by atoms with E-state index in [1.165, 1.54) is 11.0 Å². The number of nitrogens with zero attached hydrogens (tertiary/aromatic N) is 2. The fraction of sp³-hybridized carbons (Fsp3) is 0.235. The van der Waals surface area contributed by atoms with Gasteiger partial charge in [0.15, 0.2) is 0 Å². The van der Waals surface area contributed by atoms with Crippen molar-refractivity contribution in [3.8, 4) is 5.75 Å². The summed E-state index contributed by atoms with van der Waals surface area (Å²) in [6.45, 7) is 1.96. The first kappa shape index (κ1) is 16.5. The highest BCUT2D eigenvalue weighted by molar-refractivity contribution is 5.98. The SMILES string of the molecule is COc1cccc(CN(C)C(=O)c2cccc(C)c2[N+](=O)[O-])c1. The van der Waals surface area contributed by atoms with Crippen molar-refractivity contribution in [3.05, 3.63) is 69.3 Å². The molecule has 0 aliphatic carbocycles. The van der Waals surface area contributed by atoms with E-state index in [9.17, 15) is 14.9 Å². The van der Waals surface area contributed by atoms with Gasteiger partial charge in [0.1, 0.15) is 11.3 Å². The van der Waals surface area contributed by atoms with Gasteiger partial charge in [-0.2, -0.15) is 0 Å². The molecule has 0 saturated carbocycles. The van der Waals surface area contributed by atoms with Gasteiger partial charge in [0, 0.05) is 19.2 Å². The number of rotatable bonds is 5. The van der Waals surface area contributed by atoms with Crippen molar-refractivity contribution in [1.29, 1.82) is 0 Å². The van der Waals surface area contributed by atoms with Gasteiger partial charge >= 0.3 is 0 Å². The number of nitro groups is 1. The highest BCUT2D eigenvalue weighted by Gasteiger charge is 2.24. The lowest BCUT2D eigenvalue weighted by Gasteiger charge is -2.18. The Hall–Kier alpha value is -2.89. The minimum absolute atomic E-state index is 0.0976. The average Bonchev–Trinajstić information content (AvgIpc) is 2.53. The number of methoxy groups -OCH3 is 1. The number of carbonyl (C=O) groups is 1. The molecule has 1 amide bonds. The fourth-order valence-electron chi connectivity index (χ4n) is 2.40. The quantitative estimate of drug-likeness (QED) is 0.627. The van der Waals surface area contributed by atoms with E-state index in [2.05, 4.69) is 0 Å². The summed E-state index contributed by atoms with van der Waals surface area (Å²) in [6, 6.07) is 12.1. The van der Waals surface area contributed by atoms with E-state index in [1.807, 2.05) is 24.3 Å². The zero-order valence-corrected chi connectivity index (χ0v) is 13.3. The summed E-state index contributed by atoms with van der Waals surface area (Å²) in [4.78, 5) is 24.7. The van der Waals surface area contributed by atoms with Crippen LogP contribution in [-0.4, -0.2) is 29.9 Å². The molecule has 0 aromatic heterocycles. The van der Waals surface area contributed by atoms with E-state index in [-0.39, 0.29) is 17.2 Å². The lowest BCUT2D eigenvalue weighted by atomic mass is 10.1. The number of hydrogen-bond acceptors (Lipinski definition) is 4. The van der Waals surface area contributed by atoms with Gasteiger partial charge in [-0.1, -0.05) is 24.3 Å². The molecule has 2 rings (SSSR count). The second-order valence-electron chi connectivity index (χ2n) is 5.24. The van der Waals surface area contributed by atoms with E-state index in [0.29, 0.717) is 17.9 Å². The number of hydrogen-bond donors (Lipinski definition) is 0. The minimum atomic E-state index is -0.512. The Labute approximate surface area is 134 Å². The Morgan fingerprint density at radius 3 is 2.61 bits per heavy atom. The standard InChI is InChI=1S/C17H18N2O4/c1-12-6-4-9-15(16(12)19(21)22)17(20)18(2)11-13-7-5-8-14(10-13)23-3/h4-10H,11H2,1-3H3. The monoisotopic (exact) mass is 314 g/mol. The number of para-hydroxylation sites is 1. The van der Waals surface area contributed by atoms with Crippen LogP contribution in [-0.2, 0) is 6.54 Å². The third-order valence-corrected chi connectivity index (χ3v) is 3.55. The third kappa shape index (κ3) is 3.66. The van der Waals surface area contributed by atoms with Gasteiger partial charge in [-0.25, -0.2) is 0 Å². The van der Waals surface area contributed by atoms with Gasteiger partial charge in [-0.15, -0.1) is 0 Å². The maximum atomic E-state index is 12.6.